The highest BCUT2D eigenvalue weighted by Gasteiger charge is 2.06. The number of aryl methyl sites for hydroxylation is 1. The first-order chi connectivity index (χ1) is 8.72. The molecule has 1 heterocycles. The number of nitrogens with two attached hydrogens (primary N) is 1. The lowest BCUT2D eigenvalue weighted by Crippen LogP contribution is -2.03. The Morgan fingerprint density at radius 2 is 2.06 bits per heavy atom. The third-order valence-electron chi connectivity index (χ3n) is 2.78. The van der Waals surface area contributed by atoms with Crippen LogP contribution in [-0.2, 0) is 11.3 Å². The van der Waals surface area contributed by atoms with Crippen molar-refractivity contribution >= 4 is 17.2 Å². The third kappa shape index (κ3) is 2.60. The largest absolute Gasteiger partial charge is 0.396 e. The van der Waals surface area contributed by atoms with E-state index < -0.39 is 0 Å². The summed E-state index contributed by atoms with van der Waals surface area (Å²) in [6.45, 7) is 2.51. The summed E-state index contributed by atoms with van der Waals surface area (Å²) in [7, 11) is 1.68. The second kappa shape index (κ2) is 5.51. The Balaban J connectivity index is 2.31. The molecule has 0 saturated carbocycles. The van der Waals surface area contributed by atoms with Gasteiger partial charge in [0.15, 0.2) is 5.82 Å². The van der Waals surface area contributed by atoms with Gasteiger partial charge in [-0.2, -0.15) is 0 Å². The summed E-state index contributed by atoms with van der Waals surface area (Å²) in [5.41, 5.74) is 9.71. The molecule has 4 heteroatoms. The first kappa shape index (κ1) is 12.4. The monoisotopic (exact) mass is 243 g/mol. The van der Waals surface area contributed by atoms with Gasteiger partial charge in [-0.15, -0.1) is 0 Å². The minimum Gasteiger partial charge on any atom is -0.396 e. The van der Waals surface area contributed by atoms with Crippen molar-refractivity contribution in [3.63, 3.8) is 0 Å². The van der Waals surface area contributed by atoms with Gasteiger partial charge in [0.05, 0.1) is 12.3 Å². The van der Waals surface area contributed by atoms with Gasteiger partial charge < -0.3 is 15.8 Å². The molecular weight excluding hydrogens is 226 g/mol. The third-order valence-corrected chi connectivity index (χ3v) is 2.78. The number of nitrogens with zero attached hydrogens (tertiary/aromatic N) is 1. The van der Waals surface area contributed by atoms with Crippen molar-refractivity contribution in [2.75, 3.05) is 18.2 Å². The van der Waals surface area contributed by atoms with Crippen LogP contribution in [0.4, 0.5) is 17.2 Å². The van der Waals surface area contributed by atoms with Crippen molar-refractivity contribution in [2.24, 2.45) is 0 Å². The molecule has 0 amide bonds. The molecule has 0 fully saturated rings. The maximum absolute atomic E-state index is 6.00. The summed E-state index contributed by atoms with van der Waals surface area (Å²) in [6.07, 6.45) is 1.74. The van der Waals surface area contributed by atoms with Gasteiger partial charge in [0.2, 0.25) is 0 Å². The summed E-state index contributed by atoms with van der Waals surface area (Å²) < 4.78 is 5.17. The van der Waals surface area contributed by atoms with Crippen molar-refractivity contribution in [3.8, 4) is 0 Å². The lowest BCUT2D eigenvalue weighted by Gasteiger charge is -2.13. The van der Waals surface area contributed by atoms with Gasteiger partial charge in [-0.3, -0.25) is 0 Å². The molecule has 18 heavy (non-hydrogen) atoms. The van der Waals surface area contributed by atoms with Crippen LogP contribution in [0.2, 0.25) is 0 Å². The lowest BCUT2D eigenvalue weighted by molar-refractivity contribution is 0.185. The van der Waals surface area contributed by atoms with Crippen LogP contribution in [0, 0.1) is 6.92 Å². The SMILES string of the molecule is COCc1ccccc1Nc1nccc(C)c1N. The number of para-hydroxylation sites is 1. The quantitative estimate of drug-likeness (QED) is 0.866. The fraction of sp³-hybridized carbons (Fsp3) is 0.214. The van der Waals surface area contributed by atoms with Crippen LogP contribution in [0.15, 0.2) is 36.5 Å². The Labute approximate surface area is 107 Å². The molecule has 2 aromatic rings. The summed E-state index contributed by atoms with van der Waals surface area (Å²) in [4.78, 5) is 4.26. The molecule has 94 valence electrons. The molecule has 1 aromatic carbocycles. The van der Waals surface area contributed by atoms with E-state index in [4.69, 9.17) is 10.5 Å². The minimum atomic E-state index is 0.550. The predicted octanol–water partition coefficient (Wildman–Crippen LogP) is 2.86. The van der Waals surface area contributed by atoms with Crippen LogP contribution in [0.25, 0.3) is 0 Å². The molecule has 2 rings (SSSR count). The van der Waals surface area contributed by atoms with E-state index in [1.165, 1.54) is 0 Å². The standard InChI is InChI=1S/C14H17N3O/c1-10-7-8-16-14(13(10)15)17-12-6-4-3-5-11(12)9-18-2/h3-8H,9,15H2,1-2H3,(H,16,17). The average Bonchev–Trinajstić information content (AvgIpc) is 2.37. The predicted molar refractivity (Wildman–Crippen MR) is 73.8 cm³/mol. The maximum atomic E-state index is 6.00. The highest BCUT2D eigenvalue weighted by atomic mass is 16.5. The fourth-order valence-corrected chi connectivity index (χ4v) is 1.72. The van der Waals surface area contributed by atoms with E-state index in [0.717, 1.165) is 16.8 Å². The first-order valence-electron chi connectivity index (χ1n) is 5.77. The first-order valence-corrected chi connectivity index (χ1v) is 5.77. The van der Waals surface area contributed by atoms with E-state index in [2.05, 4.69) is 10.3 Å². The van der Waals surface area contributed by atoms with Crippen LogP contribution in [0.5, 0.6) is 0 Å². The van der Waals surface area contributed by atoms with Crippen LogP contribution >= 0.6 is 0 Å². The Morgan fingerprint density at radius 1 is 1.28 bits per heavy atom. The molecule has 0 unspecified atom stereocenters. The zero-order valence-electron chi connectivity index (χ0n) is 10.6. The van der Waals surface area contributed by atoms with Gasteiger partial charge in [0.25, 0.3) is 0 Å². The molecule has 0 aliphatic heterocycles. The molecule has 3 N–H and O–H groups in total. The molecule has 0 bridgehead atoms. The van der Waals surface area contributed by atoms with E-state index in [0.29, 0.717) is 18.1 Å². The smallest absolute Gasteiger partial charge is 0.153 e. The van der Waals surface area contributed by atoms with Gasteiger partial charge in [-0.05, 0) is 24.6 Å². The van der Waals surface area contributed by atoms with Crippen LogP contribution in [0.1, 0.15) is 11.1 Å². The lowest BCUT2D eigenvalue weighted by atomic mass is 10.2. The molecule has 0 aliphatic rings. The Bertz CT molecular complexity index is 540. The zero-order valence-corrected chi connectivity index (χ0v) is 10.6. The molecule has 1 aromatic heterocycles. The van der Waals surface area contributed by atoms with E-state index in [1.54, 1.807) is 13.3 Å². The number of aromatic nitrogens is 1. The van der Waals surface area contributed by atoms with Crippen molar-refractivity contribution in [3.05, 3.63) is 47.7 Å². The normalized spacial score (nSPS) is 10.3. The number of hydrogen-bond acceptors (Lipinski definition) is 4. The number of pyridine rings is 1. The van der Waals surface area contributed by atoms with E-state index in [-0.39, 0.29) is 0 Å². The molecule has 0 spiro atoms. The number of methoxy groups -OCH3 is 1. The highest BCUT2D eigenvalue weighted by molar-refractivity contribution is 5.72. The van der Waals surface area contributed by atoms with Crippen molar-refractivity contribution < 1.29 is 4.74 Å². The molecular formula is C14H17N3O. The topological polar surface area (TPSA) is 60.2 Å². The summed E-state index contributed by atoms with van der Waals surface area (Å²) in [6, 6.07) is 9.83. The second-order valence-corrected chi connectivity index (χ2v) is 4.11. The molecule has 0 radical (unpaired) electrons. The fourth-order valence-electron chi connectivity index (χ4n) is 1.72. The van der Waals surface area contributed by atoms with Gasteiger partial charge in [-0.25, -0.2) is 4.98 Å². The van der Waals surface area contributed by atoms with Crippen molar-refractivity contribution in [1.29, 1.82) is 0 Å². The van der Waals surface area contributed by atoms with Crippen LogP contribution in [-0.4, -0.2) is 12.1 Å². The van der Waals surface area contributed by atoms with Crippen LogP contribution in [0.3, 0.4) is 0 Å². The summed E-state index contributed by atoms with van der Waals surface area (Å²) in [5, 5.41) is 3.25. The minimum absolute atomic E-state index is 0.550. The Morgan fingerprint density at radius 3 is 2.83 bits per heavy atom. The number of benzene rings is 1. The number of hydrogen-bond donors (Lipinski definition) is 2. The van der Waals surface area contributed by atoms with Gasteiger partial charge in [-0.1, -0.05) is 18.2 Å². The van der Waals surface area contributed by atoms with E-state index in [9.17, 15) is 0 Å². The summed E-state index contributed by atoms with van der Waals surface area (Å²) in [5.74, 6) is 0.679. The Hall–Kier alpha value is -2.07. The van der Waals surface area contributed by atoms with Gasteiger partial charge in [0, 0.05) is 24.6 Å². The maximum Gasteiger partial charge on any atom is 0.153 e. The number of ether oxygens (including phenoxy) is 1. The molecule has 0 atom stereocenters. The van der Waals surface area contributed by atoms with E-state index in [1.807, 2.05) is 37.3 Å². The van der Waals surface area contributed by atoms with Crippen molar-refractivity contribution in [2.45, 2.75) is 13.5 Å². The van der Waals surface area contributed by atoms with E-state index >= 15 is 0 Å². The van der Waals surface area contributed by atoms with Crippen molar-refractivity contribution in [1.82, 2.24) is 4.98 Å². The number of anilines is 3. The highest BCUT2D eigenvalue weighted by Crippen LogP contribution is 2.25. The number of rotatable bonds is 4. The molecule has 4 nitrogen and oxygen atoms in total. The Kier molecular flexibility index (Phi) is 3.79. The average molecular weight is 243 g/mol. The van der Waals surface area contributed by atoms with Gasteiger partial charge >= 0.3 is 0 Å². The number of nitrogen functional groups attached to an aromatic ring is 1. The molecule has 0 aliphatic carbocycles. The zero-order chi connectivity index (χ0) is 13.0. The van der Waals surface area contributed by atoms with Gasteiger partial charge in [0.1, 0.15) is 0 Å². The summed E-state index contributed by atoms with van der Waals surface area (Å²) >= 11 is 0. The second-order valence-electron chi connectivity index (χ2n) is 4.11. The molecule has 0 saturated heterocycles. The van der Waals surface area contributed by atoms with Crippen LogP contribution < -0.4 is 11.1 Å². The number of nitrogens with one attached hydrogen (secondary N) is 1.